The molecule has 0 radical (unpaired) electrons. The number of anilines is 2. The Kier molecular flexibility index (Phi) is 5.36. The molecule has 2 atom stereocenters. The number of pyridine rings is 1. The van der Waals surface area contributed by atoms with Crippen molar-refractivity contribution in [2.75, 3.05) is 16.3 Å². The lowest BCUT2D eigenvalue weighted by Gasteiger charge is -2.31. The smallest absolute Gasteiger partial charge is 0.262 e. The van der Waals surface area contributed by atoms with Gasteiger partial charge in [-0.2, -0.15) is 0 Å². The maximum absolute atomic E-state index is 13.9. The number of carbonyl (C=O) groups is 4. The lowest BCUT2D eigenvalue weighted by Crippen LogP contribution is -2.49. The Balaban J connectivity index is 1.37. The predicted molar refractivity (Wildman–Crippen MR) is 132 cm³/mol. The van der Waals surface area contributed by atoms with E-state index in [9.17, 15) is 19.2 Å². The van der Waals surface area contributed by atoms with E-state index >= 15 is 0 Å². The third kappa shape index (κ3) is 3.48. The Bertz CT molecular complexity index is 1350. The topological polar surface area (TPSA) is 90.9 Å². The first-order valence-electron chi connectivity index (χ1n) is 12.1. The molecular weight excluding hydrogens is 456 g/mol. The van der Waals surface area contributed by atoms with E-state index in [1.807, 2.05) is 36.4 Å². The van der Waals surface area contributed by atoms with E-state index in [4.69, 9.17) is 0 Å². The second kappa shape index (κ2) is 8.71. The average molecular weight is 481 g/mol. The molecule has 6 rings (SSSR count). The summed E-state index contributed by atoms with van der Waals surface area (Å²) in [5.41, 5.74) is 2.76. The molecule has 3 aromatic rings. The zero-order chi connectivity index (χ0) is 24.8. The molecule has 36 heavy (non-hydrogen) atoms. The number of hydrogen-bond donors (Lipinski definition) is 0. The van der Waals surface area contributed by atoms with Gasteiger partial charge in [0.15, 0.2) is 0 Å². The number of hydrogen-bond acceptors (Lipinski definition) is 5. The number of rotatable bonds is 4. The number of benzene rings is 2. The molecular formula is C28H24N4O4. The van der Waals surface area contributed by atoms with Crippen molar-refractivity contribution in [2.24, 2.45) is 5.92 Å². The molecule has 3 aliphatic rings. The van der Waals surface area contributed by atoms with Gasteiger partial charge in [0.2, 0.25) is 11.8 Å². The normalized spacial score (nSPS) is 20.8. The van der Waals surface area contributed by atoms with Crippen molar-refractivity contribution >= 4 is 35.0 Å². The zero-order valence-corrected chi connectivity index (χ0v) is 19.5. The van der Waals surface area contributed by atoms with Gasteiger partial charge in [-0.05, 0) is 48.7 Å². The fraction of sp³-hybridized carbons (Fsp3) is 0.250. The van der Waals surface area contributed by atoms with Crippen molar-refractivity contribution in [3.05, 3.63) is 89.7 Å². The number of amides is 4. The molecule has 3 heterocycles. The quantitative estimate of drug-likeness (QED) is 0.534. The van der Waals surface area contributed by atoms with Crippen LogP contribution in [-0.2, 0) is 16.1 Å². The highest BCUT2D eigenvalue weighted by molar-refractivity contribution is 6.23. The van der Waals surface area contributed by atoms with Crippen molar-refractivity contribution in [1.82, 2.24) is 9.88 Å². The molecule has 0 spiro atoms. The molecule has 1 saturated carbocycles. The minimum absolute atomic E-state index is 0.0233. The SMILES string of the molecule is O=C1c2ccccc2C(=O)N1CC(=O)N1c2ccccc2N(Cc2cccnc2)C(=O)C2CCCC21. The monoisotopic (exact) mass is 480 g/mol. The van der Waals surface area contributed by atoms with Crippen LogP contribution in [0.1, 0.15) is 45.5 Å². The predicted octanol–water partition coefficient (Wildman–Crippen LogP) is 3.43. The van der Waals surface area contributed by atoms with Crippen molar-refractivity contribution in [3.63, 3.8) is 0 Å². The minimum atomic E-state index is -0.468. The number of fused-ring (bicyclic) bond motifs is 3. The summed E-state index contributed by atoms with van der Waals surface area (Å²) in [6, 6.07) is 17.4. The van der Waals surface area contributed by atoms with Crippen LogP contribution >= 0.6 is 0 Å². The summed E-state index contributed by atoms with van der Waals surface area (Å²) in [6.07, 6.45) is 5.60. The second-order valence-corrected chi connectivity index (χ2v) is 9.38. The van der Waals surface area contributed by atoms with Gasteiger partial charge < -0.3 is 9.80 Å². The maximum Gasteiger partial charge on any atom is 0.262 e. The van der Waals surface area contributed by atoms with E-state index in [1.165, 1.54) is 0 Å². The fourth-order valence-corrected chi connectivity index (χ4v) is 5.68. The van der Waals surface area contributed by atoms with Gasteiger partial charge in [-0.3, -0.25) is 29.1 Å². The van der Waals surface area contributed by atoms with Crippen LogP contribution < -0.4 is 9.80 Å². The van der Waals surface area contributed by atoms with Crippen LogP contribution in [0.2, 0.25) is 0 Å². The third-order valence-electron chi connectivity index (χ3n) is 7.33. The van der Waals surface area contributed by atoms with Gasteiger partial charge in [-0.15, -0.1) is 0 Å². The van der Waals surface area contributed by atoms with E-state index < -0.39 is 11.8 Å². The molecule has 1 aromatic heterocycles. The van der Waals surface area contributed by atoms with Crippen LogP contribution in [0.4, 0.5) is 11.4 Å². The Morgan fingerprint density at radius 1 is 0.833 bits per heavy atom. The maximum atomic E-state index is 13.9. The molecule has 8 heteroatoms. The van der Waals surface area contributed by atoms with E-state index in [-0.39, 0.29) is 30.3 Å². The van der Waals surface area contributed by atoms with E-state index in [1.54, 1.807) is 46.5 Å². The van der Waals surface area contributed by atoms with E-state index in [0.717, 1.165) is 16.9 Å². The lowest BCUT2D eigenvalue weighted by atomic mass is 10.0. The molecule has 0 bridgehead atoms. The summed E-state index contributed by atoms with van der Waals surface area (Å²) in [6.45, 7) is -0.0337. The zero-order valence-electron chi connectivity index (χ0n) is 19.5. The molecule has 2 aliphatic heterocycles. The van der Waals surface area contributed by atoms with Gasteiger partial charge in [-0.25, -0.2) is 0 Å². The summed E-state index contributed by atoms with van der Waals surface area (Å²) >= 11 is 0. The molecule has 4 amide bonds. The third-order valence-corrected chi connectivity index (χ3v) is 7.33. The van der Waals surface area contributed by atoms with Crippen molar-refractivity contribution in [1.29, 1.82) is 0 Å². The van der Waals surface area contributed by atoms with Gasteiger partial charge in [0.05, 0.1) is 35.0 Å². The van der Waals surface area contributed by atoms with E-state index in [2.05, 4.69) is 4.98 Å². The first-order chi connectivity index (χ1) is 17.5. The molecule has 1 fully saturated rings. The Hall–Kier alpha value is -4.33. The fourth-order valence-electron chi connectivity index (χ4n) is 5.68. The van der Waals surface area contributed by atoms with Gasteiger partial charge in [0.25, 0.3) is 11.8 Å². The van der Waals surface area contributed by atoms with Crippen LogP contribution in [0.25, 0.3) is 0 Å². The first-order valence-corrected chi connectivity index (χ1v) is 12.1. The van der Waals surface area contributed by atoms with Crippen LogP contribution in [0.15, 0.2) is 73.1 Å². The Morgan fingerprint density at radius 2 is 1.53 bits per heavy atom. The highest BCUT2D eigenvalue weighted by Crippen LogP contribution is 2.43. The van der Waals surface area contributed by atoms with Crippen molar-refractivity contribution < 1.29 is 19.2 Å². The molecule has 2 unspecified atom stereocenters. The summed E-state index contributed by atoms with van der Waals surface area (Å²) in [4.78, 5) is 62.2. The number of imide groups is 1. The number of nitrogens with zero attached hydrogens (tertiary/aromatic N) is 4. The minimum Gasteiger partial charge on any atom is -0.306 e. The summed E-state index contributed by atoms with van der Waals surface area (Å²) in [5.74, 6) is -1.69. The summed E-state index contributed by atoms with van der Waals surface area (Å²) in [5, 5.41) is 0. The molecule has 8 nitrogen and oxygen atoms in total. The molecule has 0 N–H and O–H groups in total. The Morgan fingerprint density at radius 3 is 2.22 bits per heavy atom. The molecule has 2 aromatic carbocycles. The van der Waals surface area contributed by atoms with Crippen LogP contribution in [-0.4, -0.2) is 46.1 Å². The number of carbonyl (C=O) groups excluding carboxylic acids is 4. The number of aromatic nitrogens is 1. The second-order valence-electron chi connectivity index (χ2n) is 9.38. The average Bonchev–Trinajstić information content (AvgIpc) is 3.45. The highest BCUT2D eigenvalue weighted by Gasteiger charge is 2.46. The van der Waals surface area contributed by atoms with Gasteiger partial charge in [0, 0.05) is 18.4 Å². The van der Waals surface area contributed by atoms with Crippen molar-refractivity contribution in [3.8, 4) is 0 Å². The standard InChI is InChI=1S/C28H24N4O4/c33-25(17-31-26(34)19-8-1-2-9-20(19)27(31)35)32-22-13-5-10-21(22)28(36)30(16-18-7-6-14-29-15-18)23-11-3-4-12-24(23)32/h1-4,6-9,11-12,14-15,21-22H,5,10,13,16-17H2. The largest absolute Gasteiger partial charge is 0.306 e. The van der Waals surface area contributed by atoms with Gasteiger partial charge in [0.1, 0.15) is 6.54 Å². The Labute approximate surface area is 208 Å². The summed E-state index contributed by atoms with van der Waals surface area (Å²) < 4.78 is 0. The molecule has 0 saturated heterocycles. The van der Waals surface area contributed by atoms with Crippen LogP contribution in [0.3, 0.4) is 0 Å². The van der Waals surface area contributed by atoms with Gasteiger partial charge >= 0.3 is 0 Å². The molecule has 180 valence electrons. The summed E-state index contributed by atoms with van der Waals surface area (Å²) in [7, 11) is 0. The lowest BCUT2D eigenvalue weighted by molar-refractivity contribution is -0.123. The molecule has 1 aliphatic carbocycles. The van der Waals surface area contributed by atoms with Crippen LogP contribution in [0.5, 0.6) is 0 Å². The highest BCUT2D eigenvalue weighted by atomic mass is 16.2. The van der Waals surface area contributed by atoms with E-state index in [0.29, 0.717) is 41.9 Å². The van der Waals surface area contributed by atoms with Crippen LogP contribution in [0, 0.1) is 5.92 Å². The van der Waals surface area contributed by atoms with Crippen molar-refractivity contribution in [2.45, 2.75) is 31.8 Å². The van der Waals surface area contributed by atoms with Gasteiger partial charge in [-0.1, -0.05) is 36.8 Å². The first kappa shape index (κ1) is 22.2. The number of para-hydroxylation sites is 2.